The van der Waals surface area contributed by atoms with Gasteiger partial charge in [0.15, 0.2) is 0 Å². The van der Waals surface area contributed by atoms with E-state index in [0.717, 1.165) is 6.54 Å². The zero-order chi connectivity index (χ0) is 13.1. The Labute approximate surface area is 107 Å². The average molecular weight is 253 g/mol. The maximum Gasteiger partial charge on any atom is 0.148 e. The van der Waals surface area contributed by atoms with Gasteiger partial charge in [-0.2, -0.15) is 5.26 Å². The summed E-state index contributed by atoms with van der Waals surface area (Å²) in [6, 6.07) is 3.65. The Kier molecular flexibility index (Phi) is 4.33. The number of anilines is 1. The van der Waals surface area contributed by atoms with Gasteiger partial charge in [-0.25, -0.2) is 4.98 Å². The minimum atomic E-state index is -0.0254. The summed E-state index contributed by atoms with van der Waals surface area (Å²) in [5, 5.41) is 9.30. The lowest BCUT2D eigenvalue weighted by Gasteiger charge is -2.30. The van der Waals surface area contributed by atoms with Crippen molar-refractivity contribution in [1.29, 1.82) is 5.26 Å². The van der Waals surface area contributed by atoms with Gasteiger partial charge in [0, 0.05) is 19.8 Å². The van der Waals surface area contributed by atoms with Gasteiger partial charge < -0.3 is 10.6 Å². The molecule has 5 heteroatoms. The molecule has 17 heavy (non-hydrogen) atoms. The van der Waals surface area contributed by atoms with Gasteiger partial charge in [0.1, 0.15) is 16.9 Å². The molecule has 0 saturated carbocycles. The first kappa shape index (κ1) is 13.8. The summed E-state index contributed by atoms with van der Waals surface area (Å²) in [6.45, 7) is 5.45. The molecule has 1 aromatic heterocycles. The van der Waals surface area contributed by atoms with E-state index in [1.807, 2.05) is 18.0 Å². The largest absolute Gasteiger partial charge is 0.358 e. The molecule has 0 aliphatic rings. The van der Waals surface area contributed by atoms with Crippen molar-refractivity contribution < 1.29 is 0 Å². The molecule has 0 saturated heterocycles. The topological polar surface area (TPSA) is 65.9 Å². The van der Waals surface area contributed by atoms with E-state index in [1.54, 1.807) is 12.3 Å². The molecular formula is C12H17ClN4. The lowest BCUT2D eigenvalue weighted by molar-refractivity contribution is 0.384. The maximum atomic E-state index is 8.90. The van der Waals surface area contributed by atoms with Crippen molar-refractivity contribution in [2.45, 2.75) is 13.8 Å². The van der Waals surface area contributed by atoms with E-state index in [2.05, 4.69) is 18.8 Å². The van der Waals surface area contributed by atoms with Crippen molar-refractivity contribution in [3.8, 4) is 6.07 Å². The molecule has 0 aliphatic heterocycles. The standard InChI is InChI=1S/C12H17ClN4/c1-12(2,7-15)8-17(3)11-10(13)9(6-14)4-5-16-11/h4-5H,7-8,15H2,1-3H3. The predicted molar refractivity (Wildman–Crippen MR) is 70.1 cm³/mol. The Hall–Kier alpha value is -1.31. The second-order valence-corrected chi connectivity index (χ2v) is 5.21. The van der Waals surface area contributed by atoms with Crippen molar-refractivity contribution in [3.63, 3.8) is 0 Å². The third-order valence-corrected chi connectivity index (χ3v) is 2.94. The molecule has 2 N–H and O–H groups in total. The third kappa shape index (κ3) is 3.32. The number of rotatable bonds is 4. The highest BCUT2D eigenvalue weighted by Gasteiger charge is 2.21. The molecule has 0 aromatic carbocycles. The number of hydrogen-bond donors (Lipinski definition) is 1. The van der Waals surface area contributed by atoms with Crippen molar-refractivity contribution in [2.75, 3.05) is 25.0 Å². The summed E-state index contributed by atoms with van der Waals surface area (Å²) in [4.78, 5) is 6.13. The number of nitriles is 1. The fourth-order valence-electron chi connectivity index (χ4n) is 1.57. The molecule has 0 atom stereocenters. The molecule has 0 spiro atoms. The molecule has 1 aromatic rings. The molecule has 0 fully saturated rings. The van der Waals surface area contributed by atoms with Gasteiger partial charge in [0.25, 0.3) is 0 Å². The van der Waals surface area contributed by atoms with Crippen LogP contribution in [0.5, 0.6) is 0 Å². The second kappa shape index (κ2) is 5.35. The Morgan fingerprint density at radius 1 is 1.59 bits per heavy atom. The van der Waals surface area contributed by atoms with Gasteiger partial charge in [0.05, 0.1) is 5.56 Å². The van der Waals surface area contributed by atoms with Crippen LogP contribution in [-0.2, 0) is 0 Å². The Balaban J connectivity index is 2.98. The molecule has 0 unspecified atom stereocenters. The minimum Gasteiger partial charge on any atom is -0.358 e. The fraction of sp³-hybridized carbons (Fsp3) is 0.500. The first-order valence-corrected chi connectivity index (χ1v) is 5.75. The van der Waals surface area contributed by atoms with Gasteiger partial charge in [-0.3, -0.25) is 0 Å². The van der Waals surface area contributed by atoms with Crippen LogP contribution in [0.4, 0.5) is 5.82 Å². The molecule has 92 valence electrons. The highest BCUT2D eigenvalue weighted by molar-refractivity contribution is 6.34. The van der Waals surface area contributed by atoms with E-state index >= 15 is 0 Å². The van der Waals surface area contributed by atoms with Gasteiger partial charge in [-0.1, -0.05) is 25.4 Å². The van der Waals surface area contributed by atoms with Crippen molar-refractivity contribution in [2.24, 2.45) is 11.1 Å². The number of halogens is 1. The number of pyridine rings is 1. The van der Waals surface area contributed by atoms with Crippen LogP contribution in [0.3, 0.4) is 0 Å². The van der Waals surface area contributed by atoms with E-state index in [4.69, 9.17) is 22.6 Å². The summed E-state index contributed by atoms with van der Waals surface area (Å²) in [6.07, 6.45) is 1.59. The highest BCUT2D eigenvalue weighted by Crippen LogP contribution is 2.27. The maximum absolute atomic E-state index is 8.90. The van der Waals surface area contributed by atoms with Crippen molar-refractivity contribution >= 4 is 17.4 Å². The fourth-order valence-corrected chi connectivity index (χ4v) is 1.86. The SMILES string of the molecule is CN(CC(C)(C)CN)c1nccc(C#N)c1Cl. The molecule has 0 amide bonds. The van der Waals surface area contributed by atoms with Crippen molar-refractivity contribution in [3.05, 3.63) is 22.8 Å². The van der Waals surface area contributed by atoms with Gasteiger partial charge in [0.2, 0.25) is 0 Å². The normalized spacial score (nSPS) is 11.1. The van der Waals surface area contributed by atoms with E-state index in [9.17, 15) is 0 Å². The minimum absolute atomic E-state index is 0.0254. The first-order chi connectivity index (χ1) is 7.91. The molecule has 0 radical (unpaired) electrons. The van der Waals surface area contributed by atoms with Crippen LogP contribution in [-0.4, -0.2) is 25.1 Å². The quantitative estimate of drug-likeness (QED) is 0.891. The number of aromatic nitrogens is 1. The van der Waals surface area contributed by atoms with Gasteiger partial charge >= 0.3 is 0 Å². The van der Waals surface area contributed by atoms with E-state index in [0.29, 0.717) is 22.9 Å². The number of hydrogen-bond acceptors (Lipinski definition) is 4. The Morgan fingerprint density at radius 3 is 2.76 bits per heavy atom. The zero-order valence-electron chi connectivity index (χ0n) is 10.4. The molecule has 1 heterocycles. The van der Waals surface area contributed by atoms with E-state index in [1.165, 1.54) is 0 Å². The van der Waals surface area contributed by atoms with Crippen LogP contribution < -0.4 is 10.6 Å². The molecule has 0 aliphatic carbocycles. The van der Waals surface area contributed by atoms with Crippen LogP contribution in [0.2, 0.25) is 5.02 Å². The van der Waals surface area contributed by atoms with Gasteiger partial charge in [-0.15, -0.1) is 0 Å². The Morgan fingerprint density at radius 2 is 2.24 bits per heavy atom. The molecule has 4 nitrogen and oxygen atoms in total. The van der Waals surface area contributed by atoms with Gasteiger partial charge in [-0.05, 0) is 18.0 Å². The Bertz CT molecular complexity index is 437. The second-order valence-electron chi connectivity index (χ2n) is 4.83. The highest BCUT2D eigenvalue weighted by atomic mass is 35.5. The smallest absolute Gasteiger partial charge is 0.148 e. The van der Waals surface area contributed by atoms with Crippen LogP contribution in [0, 0.1) is 16.7 Å². The average Bonchev–Trinajstić information content (AvgIpc) is 2.28. The predicted octanol–water partition coefficient (Wildman–Crippen LogP) is 2.03. The van der Waals surface area contributed by atoms with Crippen LogP contribution in [0.25, 0.3) is 0 Å². The summed E-state index contributed by atoms with van der Waals surface area (Å²) in [5.74, 6) is 0.618. The zero-order valence-corrected chi connectivity index (χ0v) is 11.1. The lowest BCUT2D eigenvalue weighted by atomic mass is 9.93. The van der Waals surface area contributed by atoms with Crippen LogP contribution in [0.15, 0.2) is 12.3 Å². The van der Waals surface area contributed by atoms with Crippen molar-refractivity contribution in [1.82, 2.24) is 4.98 Å². The monoisotopic (exact) mass is 252 g/mol. The lowest BCUT2D eigenvalue weighted by Crippen LogP contribution is -2.37. The molecule has 0 bridgehead atoms. The summed E-state index contributed by atoms with van der Waals surface area (Å²) in [5.41, 5.74) is 6.11. The molecular weight excluding hydrogens is 236 g/mol. The molecule has 1 rings (SSSR count). The summed E-state index contributed by atoms with van der Waals surface area (Å²) >= 11 is 6.12. The van der Waals surface area contributed by atoms with Crippen LogP contribution >= 0.6 is 11.6 Å². The summed E-state index contributed by atoms with van der Waals surface area (Å²) < 4.78 is 0. The van der Waals surface area contributed by atoms with E-state index < -0.39 is 0 Å². The number of nitrogens with zero attached hydrogens (tertiary/aromatic N) is 3. The van der Waals surface area contributed by atoms with Crippen LogP contribution in [0.1, 0.15) is 19.4 Å². The number of nitrogens with two attached hydrogens (primary N) is 1. The third-order valence-electron chi connectivity index (χ3n) is 2.57. The summed E-state index contributed by atoms with van der Waals surface area (Å²) in [7, 11) is 1.90. The van der Waals surface area contributed by atoms with E-state index in [-0.39, 0.29) is 5.41 Å². The first-order valence-electron chi connectivity index (χ1n) is 5.37.